The van der Waals surface area contributed by atoms with Crippen LogP contribution in [-0.4, -0.2) is 24.9 Å². The molecule has 0 spiro atoms. The number of nitrogens with one attached hydrogen (secondary N) is 1. The fraction of sp³-hybridized carbons (Fsp3) is 0.368. The molecule has 0 fully saturated rings. The topological polar surface area (TPSA) is 50.7 Å². The maximum atomic E-state index is 8.85. The van der Waals surface area contributed by atoms with Crippen molar-refractivity contribution in [3.8, 4) is 11.5 Å². The van der Waals surface area contributed by atoms with Gasteiger partial charge in [-0.05, 0) is 43.7 Å². The van der Waals surface area contributed by atoms with Gasteiger partial charge in [0.15, 0.2) is 11.5 Å². The van der Waals surface area contributed by atoms with Gasteiger partial charge in [-0.25, -0.2) is 0 Å². The number of aliphatic hydroxyl groups is 1. The van der Waals surface area contributed by atoms with Gasteiger partial charge in [0, 0.05) is 28.2 Å². The maximum Gasteiger partial charge on any atom is 0.162 e. The molecule has 0 aliphatic rings. The third-order valence-electron chi connectivity index (χ3n) is 3.58. The summed E-state index contributed by atoms with van der Waals surface area (Å²) in [6, 6.07) is 11.5. The molecule has 0 radical (unpaired) electrons. The number of hydrogen-bond donors (Lipinski definition) is 2. The average molecular weight is 429 g/mol. The minimum absolute atomic E-state index is 0.188. The van der Waals surface area contributed by atoms with Gasteiger partial charge >= 0.3 is 0 Å². The van der Waals surface area contributed by atoms with E-state index in [4.69, 9.17) is 26.2 Å². The van der Waals surface area contributed by atoms with Crippen LogP contribution in [0.25, 0.3) is 0 Å². The molecular weight excluding hydrogens is 406 g/mol. The summed E-state index contributed by atoms with van der Waals surface area (Å²) in [5.74, 6) is 1.38. The highest BCUT2D eigenvalue weighted by Gasteiger charge is 2.12. The largest absolute Gasteiger partial charge is 0.490 e. The highest BCUT2D eigenvalue weighted by molar-refractivity contribution is 9.10. The molecule has 25 heavy (non-hydrogen) atoms. The van der Waals surface area contributed by atoms with E-state index in [1.165, 1.54) is 0 Å². The predicted molar refractivity (Wildman–Crippen MR) is 105 cm³/mol. The van der Waals surface area contributed by atoms with Gasteiger partial charge < -0.3 is 19.9 Å². The van der Waals surface area contributed by atoms with Gasteiger partial charge in [-0.1, -0.05) is 45.7 Å². The van der Waals surface area contributed by atoms with E-state index in [0.29, 0.717) is 36.3 Å². The molecule has 4 nitrogen and oxygen atoms in total. The Hall–Kier alpha value is -1.27. The fourth-order valence-electron chi connectivity index (χ4n) is 2.29. The molecule has 0 heterocycles. The van der Waals surface area contributed by atoms with Gasteiger partial charge in [0.2, 0.25) is 0 Å². The van der Waals surface area contributed by atoms with E-state index in [1.54, 1.807) is 0 Å². The van der Waals surface area contributed by atoms with Crippen molar-refractivity contribution < 1.29 is 14.6 Å². The summed E-state index contributed by atoms with van der Waals surface area (Å²) in [5, 5.41) is 12.8. The molecule has 0 aliphatic carbocycles. The Morgan fingerprint density at radius 3 is 2.60 bits per heavy atom. The van der Waals surface area contributed by atoms with Crippen molar-refractivity contribution >= 4 is 27.5 Å². The minimum atomic E-state index is 0.188. The first kappa shape index (κ1) is 20.0. The molecule has 2 N–H and O–H groups in total. The van der Waals surface area contributed by atoms with E-state index in [2.05, 4.69) is 21.2 Å². The van der Waals surface area contributed by atoms with E-state index < -0.39 is 0 Å². The van der Waals surface area contributed by atoms with Crippen molar-refractivity contribution in [1.29, 1.82) is 0 Å². The Morgan fingerprint density at radius 1 is 1.12 bits per heavy atom. The Bertz CT molecular complexity index is 682. The van der Waals surface area contributed by atoms with Crippen LogP contribution < -0.4 is 14.8 Å². The summed E-state index contributed by atoms with van der Waals surface area (Å²) >= 11 is 9.78. The summed E-state index contributed by atoms with van der Waals surface area (Å²) in [6.45, 7) is 4.51. The van der Waals surface area contributed by atoms with Gasteiger partial charge in [0.1, 0.15) is 6.61 Å². The van der Waals surface area contributed by atoms with Crippen molar-refractivity contribution in [3.05, 3.63) is 57.0 Å². The lowest BCUT2D eigenvalue weighted by molar-refractivity contribution is 0.268. The van der Waals surface area contributed by atoms with Crippen LogP contribution in [0.2, 0.25) is 5.02 Å². The Morgan fingerprint density at radius 2 is 1.88 bits per heavy atom. The molecule has 6 heteroatoms. The number of hydrogen-bond acceptors (Lipinski definition) is 4. The molecular formula is C19H23BrClNO3. The van der Waals surface area contributed by atoms with Crippen LogP contribution in [0.4, 0.5) is 0 Å². The lowest BCUT2D eigenvalue weighted by Crippen LogP contribution is -2.16. The molecule has 2 rings (SSSR count). The number of ether oxygens (including phenoxy) is 2. The number of benzene rings is 2. The Kier molecular flexibility index (Phi) is 8.55. The van der Waals surface area contributed by atoms with Gasteiger partial charge in [-0.15, -0.1) is 0 Å². The standard InChI is InChI=1S/C19H23BrClNO3/c1-2-24-18-10-15(12-22-8-5-9-23)16(20)11-19(18)25-13-14-6-3-4-7-17(14)21/h3-4,6-7,10-11,22-23H,2,5,8-9,12-13H2,1H3. The third-order valence-corrected chi connectivity index (χ3v) is 4.69. The quantitative estimate of drug-likeness (QED) is 0.545. The van der Waals surface area contributed by atoms with Crippen LogP contribution in [0.5, 0.6) is 11.5 Å². The highest BCUT2D eigenvalue weighted by Crippen LogP contribution is 2.34. The Labute approximate surface area is 162 Å². The summed E-state index contributed by atoms with van der Waals surface area (Å²) in [6.07, 6.45) is 0.731. The summed E-state index contributed by atoms with van der Waals surface area (Å²) in [4.78, 5) is 0. The van der Waals surface area contributed by atoms with Crippen LogP contribution in [-0.2, 0) is 13.2 Å². The van der Waals surface area contributed by atoms with Gasteiger partial charge in [-0.2, -0.15) is 0 Å². The zero-order chi connectivity index (χ0) is 18.1. The first-order valence-corrected chi connectivity index (χ1v) is 9.45. The van der Waals surface area contributed by atoms with Crippen LogP contribution in [0.1, 0.15) is 24.5 Å². The molecule has 136 valence electrons. The highest BCUT2D eigenvalue weighted by atomic mass is 79.9. The minimum Gasteiger partial charge on any atom is -0.490 e. The molecule has 0 bridgehead atoms. The molecule has 0 saturated carbocycles. The van der Waals surface area contributed by atoms with Crippen molar-refractivity contribution in [2.75, 3.05) is 19.8 Å². The molecule has 0 unspecified atom stereocenters. The van der Waals surface area contributed by atoms with Crippen LogP contribution in [0, 0.1) is 0 Å². The van der Waals surface area contributed by atoms with E-state index in [9.17, 15) is 0 Å². The fourth-order valence-corrected chi connectivity index (χ4v) is 2.94. The first-order chi connectivity index (χ1) is 12.2. The van der Waals surface area contributed by atoms with Gasteiger partial charge in [0.05, 0.1) is 6.61 Å². The zero-order valence-corrected chi connectivity index (χ0v) is 16.6. The van der Waals surface area contributed by atoms with Crippen molar-refractivity contribution in [2.24, 2.45) is 0 Å². The second-order valence-corrected chi connectivity index (χ2v) is 6.72. The lowest BCUT2D eigenvalue weighted by atomic mass is 10.2. The normalized spacial score (nSPS) is 10.7. The molecule has 0 aliphatic heterocycles. The molecule has 0 atom stereocenters. The Balaban J connectivity index is 2.11. The maximum absolute atomic E-state index is 8.85. The van der Waals surface area contributed by atoms with Crippen molar-refractivity contribution in [1.82, 2.24) is 5.32 Å². The number of rotatable bonds is 10. The zero-order valence-electron chi connectivity index (χ0n) is 14.2. The van der Waals surface area contributed by atoms with E-state index in [0.717, 1.165) is 28.6 Å². The van der Waals surface area contributed by atoms with E-state index in [1.807, 2.05) is 43.3 Å². The second kappa shape index (κ2) is 10.7. The number of aliphatic hydroxyl groups excluding tert-OH is 1. The molecule has 2 aromatic rings. The third kappa shape index (κ3) is 6.19. The summed E-state index contributed by atoms with van der Waals surface area (Å²) in [5.41, 5.74) is 2.00. The number of halogens is 2. The smallest absolute Gasteiger partial charge is 0.162 e. The van der Waals surface area contributed by atoms with E-state index >= 15 is 0 Å². The van der Waals surface area contributed by atoms with Crippen LogP contribution in [0.3, 0.4) is 0 Å². The van der Waals surface area contributed by atoms with Crippen LogP contribution >= 0.6 is 27.5 Å². The molecule has 0 amide bonds. The summed E-state index contributed by atoms with van der Waals surface area (Å²) in [7, 11) is 0. The van der Waals surface area contributed by atoms with Gasteiger partial charge in [0.25, 0.3) is 0 Å². The van der Waals surface area contributed by atoms with Gasteiger partial charge in [-0.3, -0.25) is 0 Å². The van der Waals surface area contributed by atoms with Crippen LogP contribution in [0.15, 0.2) is 40.9 Å². The molecule has 0 aromatic heterocycles. The first-order valence-electron chi connectivity index (χ1n) is 8.28. The SMILES string of the molecule is CCOc1cc(CNCCCO)c(Br)cc1OCc1ccccc1Cl. The summed E-state index contributed by atoms with van der Waals surface area (Å²) < 4.78 is 12.6. The lowest BCUT2D eigenvalue weighted by Gasteiger charge is -2.16. The monoisotopic (exact) mass is 427 g/mol. The molecule has 2 aromatic carbocycles. The predicted octanol–water partition coefficient (Wildman–Crippen LogP) is 4.55. The molecule has 0 saturated heterocycles. The van der Waals surface area contributed by atoms with Crippen molar-refractivity contribution in [3.63, 3.8) is 0 Å². The van der Waals surface area contributed by atoms with Crippen molar-refractivity contribution in [2.45, 2.75) is 26.5 Å². The van der Waals surface area contributed by atoms with E-state index in [-0.39, 0.29) is 6.61 Å². The second-order valence-electron chi connectivity index (χ2n) is 5.46. The average Bonchev–Trinajstić information content (AvgIpc) is 2.61.